The van der Waals surface area contributed by atoms with Crippen LogP contribution in [0.4, 0.5) is 13.2 Å². The minimum Gasteiger partial charge on any atom is -0.385 e. The van der Waals surface area contributed by atoms with Crippen LogP contribution < -0.4 is 0 Å². The van der Waals surface area contributed by atoms with Crippen molar-refractivity contribution in [3.8, 4) is 0 Å². The predicted octanol–water partition coefficient (Wildman–Crippen LogP) is 5.45. The van der Waals surface area contributed by atoms with Crippen molar-refractivity contribution in [1.29, 1.82) is 0 Å². The summed E-state index contributed by atoms with van der Waals surface area (Å²) in [5.41, 5.74) is -0.663. The molecule has 2 aromatic rings. The number of likely N-dealkylation sites (tertiary alicyclic amines) is 1. The van der Waals surface area contributed by atoms with Gasteiger partial charge in [-0.2, -0.15) is 13.2 Å². The zero-order valence-corrected chi connectivity index (χ0v) is 16.8. The maximum absolute atomic E-state index is 13.1. The number of halogens is 5. The molecule has 1 N–H and O–H groups in total. The third kappa shape index (κ3) is 4.35. The van der Waals surface area contributed by atoms with E-state index in [9.17, 15) is 18.3 Å². The van der Waals surface area contributed by atoms with E-state index in [1.54, 1.807) is 0 Å². The molecule has 2 nitrogen and oxygen atoms in total. The zero-order chi connectivity index (χ0) is 18.9. The molecule has 0 saturated carbocycles. The molecule has 2 aromatic carbocycles. The van der Waals surface area contributed by atoms with Crippen LogP contribution in [0, 0.1) is 3.57 Å². The molecule has 0 aromatic heterocycles. The van der Waals surface area contributed by atoms with E-state index in [1.165, 1.54) is 21.3 Å². The Labute approximate surface area is 169 Å². The molecule has 0 spiro atoms. The Balaban J connectivity index is 1.73. The molecule has 3 rings (SSSR count). The van der Waals surface area contributed by atoms with Crippen molar-refractivity contribution in [1.82, 2.24) is 4.90 Å². The van der Waals surface area contributed by atoms with Gasteiger partial charge in [-0.15, -0.1) is 0 Å². The van der Waals surface area contributed by atoms with Gasteiger partial charge < -0.3 is 5.11 Å². The molecule has 0 aliphatic carbocycles. The van der Waals surface area contributed by atoms with Crippen molar-refractivity contribution in [2.75, 3.05) is 13.1 Å². The van der Waals surface area contributed by atoms with Crippen LogP contribution in [-0.4, -0.2) is 23.1 Å². The first-order valence-corrected chi connectivity index (χ1v) is 9.70. The minimum atomic E-state index is -4.53. The van der Waals surface area contributed by atoms with E-state index >= 15 is 0 Å². The van der Waals surface area contributed by atoms with Crippen LogP contribution >= 0.6 is 34.2 Å². The van der Waals surface area contributed by atoms with E-state index in [1.807, 2.05) is 18.2 Å². The maximum atomic E-state index is 13.1. The lowest BCUT2D eigenvalue weighted by Crippen LogP contribution is -2.42. The molecule has 1 saturated heterocycles. The van der Waals surface area contributed by atoms with Crippen LogP contribution in [0.15, 0.2) is 42.5 Å². The van der Waals surface area contributed by atoms with Crippen molar-refractivity contribution in [3.63, 3.8) is 0 Å². The van der Waals surface area contributed by atoms with Gasteiger partial charge in [0.15, 0.2) is 0 Å². The van der Waals surface area contributed by atoms with Crippen molar-refractivity contribution < 1.29 is 18.3 Å². The van der Waals surface area contributed by atoms with Gasteiger partial charge in [-0.1, -0.05) is 35.9 Å². The molecular weight excluding hydrogens is 478 g/mol. The molecule has 0 amide bonds. The largest absolute Gasteiger partial charge is 0.417 e. The number of hydrogen-bond acceptors (Lipinski definition) is 2. The SMILES string of the molecule is OC1(c2ccc(Cl)c(C(F)(F)F)c2)CCN(Cc2ccccc2I)CC1. The van der Waals surface area contributed by atoms with Crippen LogP contribution in [0.3, 0.4) is 0 Å². The van der Waals surface area contributed by atoms with E-state index < -0.39 is 17.3 Å². The van der Waals surface area contributed by atoms with E-state index in [2.05, 4.69) is 33.6 Å². The Bertz CT molecular complexity index is 789. The second-order valence-electron chi connectivity index (χ2n) is 6.59. The predicted molar refractivity (Wildman–Crippen MR) is 104 cm³/mol. The summed E-state index contributed by atoms with van der Waals surface area (Å²) in [6, 6.07) is 11.8. The van der Waals surface area contributed by atoms with Crippen LogP contribution in [-0.2, 0) is 18.3 Å². The Kier molecular flexibility index (Phi) is 5.86. The lowest BCUT2D eigenvalue weighted by atomic mass is 9.83. The van der Waals surface area contributed by atoms with Gasteiger partial charge in [0.2, 0.25) is 0 Å². The fourth-order valence-electron chi connectivity index (χ4n) is 3.27. The lowest BCUT2D eigenvalue weighted by Gasteiger charge is -2.39. The summed E-state index contributed by atoms with van der Waals surface area (Å²) in [6.45, 7) is 2.00. The van der Waals surface area contributed by atoms with Gasteiger partial charge in [0.05, 0.1) is 16.2 Å². The van der Waals surface area contributed by atoms with Crippen molar-refractivity contribution in [2.24, 2.45) is 0 Å². The Morgan fingerprint density at radius 3 is 2.38 bits per heavy atom. The van der Waals surface area contributed by atoms with E-state index in [-0.39, 0.29) is 10.6 Å². The molecule has 7 heteroatoms. The second kappa shape index (κ2) is 7.66. The lowest BCUT2D eigenvalue weighted by molar-refractivity contribution is -0.137. The number of piperidine rings is 1. The minimum absolute atomic E-state index is 0.281. The third-order valence-corrected chi connectivity index (χ3v) is 6.23. The summed E-state index contributed by atoms with van der Waals surface area (Å²) >= 11 is 7.97. The smallest absolute Gasteiger partial charge is 0.385 e. The van der Waals surface area contributed by atoms with Gasteiger partial charge in [-0.3, -0.25) is 4.90 Å². The number of aliphatic hydroxyl groups is 1. The van der Waals surface area contributed by atoms with Gasteiger partial charge in [0.25, 0.3) is 0 Å². The fourth-order valence-corrected chi connectivity index (χ4v) is 4.05. The normalized spacial score (nSPS) is 18.1. The van der Waals surface area contributed by atoms with E-state index in [0.717, 1.165) is 12.6 Å². The van der Waals surface area contributed by atoms with Crippen LogP contribution in [0.25, 0.3) is 0 Å². The summed E-state index contributed by atoms with van der Waals surface area (Å²) in [4.78, 5) is 2.21. The van der Waals surface area contributed by atoms with E-state index in [4.69, 9.17) is 11.6 Å². The highest BCUT2D eigenvalue weighted by Gasteiger charge is 2.38. The molecule has 140 valence electrons. The highest BCUT2D eigenvalue weighted by atomic mass is 127. The number of benzene rings is 2. The molecule has 1 aliphatic heterocycles. The molecule has 1 aliphatic rings. The highest BCUT2D eigenvalue weighted by molar-refractivity contribution is 14.1. The van der Waals surface area contributed by atoms with Gasteiger partial charge in [-0.05, 0) is 64.8 Å². The maximum Gasteiger partial charge on any atom is 0.417 e. The van der Waals surface area contributed by atoms with E-state index in [0.29, 0.717) is 25.9 Å². The summed E-state index contributed by atoms with van der Waals surface area (Å²) < 4.78 is 40.4. The number of hydrogen-bond donors (Lipinski definition) is 1. The standard InChI is InChI=1S/C19H18ClF3INO/c20-16-6-5-14(11-15(16)19(21,22)23)18(26)7-9-25(10-8-18)12-13-3-1-2-4-17(13)24/h1-6,11,26H,7-10,12H2. The molecular formula is C19H18ClF3INO. The van der Waals surface area contributed by atoms with Gasteiger partial charge in [0.1, 0.15) is 0 Å². The number of rotatable bonds is 3. The van der Waals surface area contributed by atoms with Gasteiger partial charge >= 0.3 is 6.18 Å². The monoisotopic (exact) mass is 495 g/mol. The molecule has 26 heavy (non-hydrogen) atoms. The molecule has 0 atom stereocenters. The molecule has 0 unspecified atom stereocenters. The van der Waals surface area contributed by atoms with Crippen LogP contribution in [0.5, 0.6) is 0 Å². The molecule has 0 bridgehead atoms. The summed E-state index contributed by atoms with van der Waals surface area (Å²) in [6.07, 6.45) is -3.77. The molecule has 1 heterocycles. The molecule has 1 fully saturated rings. The number of alkyl halides is 3. The Hall–Kier alpha value is -0.830. The fraction of sp³-hybridized carbons (Fsp3) is 0.368. The average molecular weight is 496 g/mol. The summed E-state index contributed by atoms with van der Waals surface area (Å²) in [5.74, 6) is 0. The Morgan fingerprint density at radius 2 is 1.77 bits per heavy atom. The van der Waals surface area contributed by atoms with Crippen LogP contribution in [0.2, 0.25) is 5.02 Å². The number of nitrogens with zero attached hydrogens (tertiary/aromatic N) is 1. The summed E-state index contributed by atoms with van der Waals surface area (Å²) in [7, 11) is 0. The first-order valence-electron chi connectivity index (χ1n) is 8.24. The van der Waals surface area contributed by atoms with Crippen molar-refractivity contribution in [2.45, 2.75) is 31.2 Å². The average Bonchev–Trinajstić information content (AvgIpc) is 2.58. The first-order chi connectivity index (χ1) is 12.2. The quantitative estimate of drug-likeness (QED) is 0.573. The topological polar surface area (TPSA) is 23.5 Å². The second-order valence-corrected chi connectivity index (χ2v) is 8.16. The van der Waals surface area contributed by atoms with Gasteiger partial charge in [-0.25, -0.2) is 0 Å². The highest BCUT2D eigenvalue weighted by Crippen LogP contribution is 2.40. The van der Waals surface area contributed by atoms with Crippen molar-refractivity contribution >= 4 is 34.2 Å². The van der Waals surface area contributed by atoms with Crippen molar-refractivity contribution in [3.05, 3.63) is 67.7 Å². The van der Waals surface area contributed by atoms with Crippen LogP contribution in [0.1, 0.15) is 29.5 Å². The third-order valence-electron chi connectivity index (χ3n) is 4.84. The first kappa shape index (κ1) is 19.9. The molecule has 0 radical (unpaired) electrons. The van der Waals surface area contributed by atoms with Gasteiger partial charge in [0, 0.05) is 23.2 Å². The zero-order valence-electron chi connectivity index (χ0n) is 13.9. The summed E-state index contributed by atoms with van der Waals surface area (Å²) in [5, 5.41) is 10.6. The Morgan fingerprint density at radius 1 is 1.12 bits per heavy atom.